The van der Waals surface area contributed by atoms with Crippen LogP contribution in [0, 0.1) is 46.3 Å². The number of hydrogen-bond acceptors (Lipinski definition) is 2. The third-order valence-electron chi connectivity index (χ3n) is 9.74. The highest BCUT2D eigenvalue weighted by atomic mass is 16.3. The number of rotatable bonds is 2. The standard InChI is InChI=1S/C24H40O.2C2H6.H3N/c1-16-5-6-18-7-8-19-21-10-9-20(17(2)15-25)24(21,4)14-12-22(19)23(18,3)13-11-16;2*1-2;/h7,16-17,19-22,25H,5-6,8-15H2,1-4H3;2*1-2H3;1H3. The first-order valence-electron chi connectivity index (χ1n) is 13.2. The lowest BCUT2D eigenvalue weighted by Crippen LogP contribution is -2.49. The summed E-state index contributed by atoms with van der Waals surface area (Å²) in [7, 11) is 0. The van der Waals surface area contributed by atoms with E-state index in [0.717, 1.165) is 29.6 Å². The van der Waals surface area contributed by atoms with Gasteiger partial charge in [-0.3, -0.25) is 0 Å². The minimum atomic E-state index is 0. The van der Waals surface area contributed by atoms with Crippen LogP contribution in [0.1, 0.15) is 113 Å². The molecule has 3 saturated carbocycles. The van der Waals surface area contributed by atoms with Gasteiger partial charge in [-0.15, -0.1) is 0 Å². The average molecular weight is 422 g/mol. The fourth-order valence-electron chi connectivity index (χ4n) is 8.09. The number of aliphatic hydroxyl groups is 1. The van der Waals surface area contributed by atoms with Gasteiger partial charge in [-0.25, -0.2) is 0 Å². The lowest BCUT2D eigenvalue weighted by atomic mass is 9.48. The van der Waals surface area contributed by atoms with Gasteiger partial charge in [0.2, 0.25) is 0 Å². The molecule has 0 aromatic carbocycles. The van der Waals surface area contributed by atoms with Gasteiger partial charge in [0.15, 0.2) is 0 Å². The van der Waals surface area contributed by atoms with Crippen LogP contribution in [-0.2, 0) is 0 Å². The Morgan fingerprint density at radius 3 is 2.27 bits per heavy atom. The molecule has 4 aliphatic rings. The van der Waals surface area contributed by atoms with Crippen molar-refractivity contribution in [2.24, 2.45) is 46.3 Å². The monoisotopic (exact) mass is 421 g/mol. The quantitative estimate of drug-likeness (QED) is 0.439. The smallest absolute Gasteiger partial charge is 0.0459 e. The zero-order valence-corrected chi connectivity index (χ0v) is 21.8. The zero-order chi connectivity index (χ0) is 21.8. The molecule has 8 atom stereocenters. The lowest BCUT2D eigenvalue weighted by molar-refractivity contribution is -0.0496. The molecule has 30 heavy (non-hydrogen) atoms. The Morgan fingerprint density at radius 1 is 0.967 bits per heavy atom. The van der Waals surface area contributed by atoms with Gasteiger partial charge in [0.05, 0.1) is 0 Å². The van der Waals surface area contributed by atoms with E-state index >= 15 is 0 Å². The summed E-state index contributed by atoms with van der Waals surface area (Å²) < 4.78 is 0. The topological polar surface area (TPSA) is 55.2 Å². The molecule has 2 heteroatoms. The van der Waals surface area contributed by atoms with Crippen LogP contribution in [0.4, 0.5) is 0 Å². The van der Waals surface area contributed by atoms with E-state index < -0.39 is 0 Å². The highest BCUT2D eigenvalue weighted by Gasteiger charge is 2.58. The van der Waals surface area contributed by atoms with E-state index in [1.165, 1.54) is 57.8 Å². The summed E-state index contributed by atoms with van der Waals surface area (Å²) in [6.45, 7) is 18.4. The van der Waals surface area contributed by atoms with Gasteiger partial charge < -0.3 is 11.3 Å². The molecule has 0 aromatic heterocycles. The van der Waals surface area contributed by atoms with Gasteiger partial charge in [-0.1, -0.05) is 67.0 Å². The van der Waals surface area contributed by atoms with E-state index in [9.17, 15) is 5.11 Å². The molecule has 0 radical (unpaired) electrons. The molecular formula is C28H55NO. The molecular weight excluding hydrogens is 366 g/mol. The first kappa shape index (κ1) is 27.7. The van der Waals surface area contributed by atoms with Crippen molar-refractivity contribution in [1.82, 2.24) is 6.15 Å². The molecule has 2 nitrogen and oxygen atoms in total. The van der Waals surface area contributed by atoms with Gasteiger partial charge in [-0.2, -0.15) is 0 Å². The van der Waals surface area contributed by atoms with Crippen LogP contribution >= 0.6 is 0 Å². The molecule has 0 bridgehead atoms. The molecule has 4 rings (SSSR count). The largest absolute Gasteiger partial charge is 0.396 e. The first-order chi connectivity index (χ1) is 13.9. The maximum Gasteiger partial charge on any atom is 0.0459 e. The third kappa shape index (κ3) is 4.70. The molecule has 0 amide bonds. The maximum atomic E-state index is 9.77. The normalized spacial score (nSPS) is 42.8. The van der Waals surface area contributed by atoms with Crippen molar-refractivity contribution in [1.29, 1.82) is 0 Å². The Hall–Kier alpha value is -0.340. The Labute approximate surface area is 189 Å². The summed E-state index contributed by atoms with van der Waals surface area (Å²) in [5.41, 5.74) is 2.82. The van der Waals surface area contributed by atoms with E-state index in [4.69, 9.17) is 0 Å². The second-order valence-electron chi connectivity index (χ2n) is 10.8. The molecule has 0 aliphatic heterocycles. The Bertz CT molecular complexity index is 543. The molecule has 3 fully saturated rings. The van der Waals surface area contributed by atoms with E-state index in [2.05, 4.69) is 33.8 Å². The molecule has 0 aromatic rings. The molecule has 0 spiro atoms. The van der Waals surface area contributed by atoms with Crippen molar-refractivity contribution in [2.75, 3.05) is 6.61 Å². The molecule has 4 aliphatic carbocycles. The van der Waals surface area contributed by atoms with Crippen molar-refractivity contribution in [3.63, 3.8) is 0 Å². The van der Waals surface area contributed by atoms with E-state index in [0.29, 0.717) is 23.4 Å². The minimum Gasteiger partial charge on any atom is -0.396 e. The predicted molar refractivity (Wildman–Crippen MR) is 133 cm³/mol. The van der Waals surface area contributed by atoms with Gasteiger partial charge in [-0.05, 0) is 104 Å². The molecule has 0 heterocycles. The van der Waals surface area contributed by atoms with Crippen LogP contribution in [0.15, 0.2) is 11.6 Å². The van der Waals surface area contributed by atoms with Crippen LogP contribution in [-0.4, -0.2) is 11.7 Å². The number of hydrogen-bond donors (Lipinski definition) is 2. The predicted octanol–water partition coefficient (Wildman–Crippen LogP) is 8.43. The van der Waals surface area contributed by atoms with Crippen molar-refractivity contribution in [2.45, 2.75) is 113 Å². The SMILES string of the molecule is CC.CC.CC1CCC2=CCC3C(CCC4(C)C(C(C)CO)CCC34)C2(C)CC1.N. The summed E-state index contributed by atoms with van der Waals surface area (Å²) in [4.78, 5) is 0. The van der Waals surface area contributed by atoms with Gasteiger partial charge in [0, 0.05) is 6.61 Å². The highest BCUT2D eigenvalue weighted by Crippen LogP contribution is 2.66. The molecule has 178 valence electrons. The summed E-state index contributed by atoms with van der Waals surface area (Å²) in [6.07, 6.45) is 15.3. The van der Waals surface area contributed by atoms with E-state index in [1.54, 1.807) is 0 Å². The zero-order valence-electron chi connectivity index (χ0n) is 21.8. The van der Waals surface area contributed by atoms with Crippen molar-refractivity contribution < 1.29 is 5.11 Å². The lowest BCUT2D eigenvalue weighted by Gasteiger charge is -2.57. The summed E-state index contributed by atoms with van der Waals surface area (Å²) >= 11 is 0. The van der Waals surface area contributed by atoms with E-state index in [-0.39, 0.29) is 6.15 Å². The van der Waals surface area contributed by atoms with E-state index in [1.807, 2.05) is 33.3 Å². The fourth-order valence-corrected chi connectivity index (χ4v) is 8.09. The maximum absolute atomic E-state index is 9.77. The average Bonchev–Trinajstić information content (AvgIpc) is 3.03. The third-order valence-corrected chi connectivity index (χ3v) is 9.74. The highest BCUT2D eigenvalue weighted by molar-refractivity contribution is 5.24. The van der Waals surface area contributed by atoms with Crippen molar-refractivity contribution in [3.8, 4) is 0 Å². The fraction of sp³-hybridized carbons (Fsp3) is 0.929. The Morgan fingerprint density at radius 2 is 1.63 bits per heavy atom. The first-order valence-corrected chi connectivity index (χ1v) is 13.2. The summed E-state index contributed by atoms with van der Waals surface area (Å²) in [5, 5.41) is 9.77. The van der Waals surface area contributed by atoms with Crippen molar-refractivity contribution in [3.05, 3.63) is 11.6 Å². The van der Waals surface area contributed by atoms with Crippen molar-refractivity contribution >= 4 is 0 Å². The Balaban J connectivity index is 0.000000851. The van der Waals surface area contributed by atoms with Crippen LogP contribution in [0.25, 0.3) is 0 Å². The number of allylic oxidation sites excluding steroid dienone is 2. The minimum absolute atomic E-state index is 0. The second kappa shape index (κ2) is 11.5. The van der Waals surface area contributed by atoms with Gasteiger partial charge >= 0.3 is 0 Å². The number of aliphatic hydroxyl groups excluding tert-OH is 1. The van der Waals surface area contributed by atoms with Gasteiger partial charge in [0.25, 0.3) is 0 Å². The van der Waals surface area contributed by atoms with Crippen LogP contribution < -0.4 is 6.15 Å². The summed E-state index contributed by atoms with van der Waals surface area (Å²) in [6, 6.07) is 0. The molecule has 0 saturated heterocycles. The molecule has 4 N–H and O–H groups in total. The van der Waals surface area contributed by atoms with Gasteiger partial charge in [0.1, 0.15) is 0 Å². The van der Waals surface area contributed by atoms with Crippen LogP contribution in [0.5, 0.6) is 0 Å². The summed E-state index contributed by atoms with van der Waals surface area (Å²) in [5.74, 6) is 4.89. The Kier molecular flexibility index (Phi) is 10.6. The number of fused-ring (bicyclic) bond motifs is 5. The van der Waals surface area contributed by atoms with Crippen LogP contribution in [0.3, 0.4) is 0 Å². The van der Waals surface area contributed by atoms with Crippen LogP contribution in [0.2, 0.25) is 0 Å². The second-order valence-corrected chi connectivity index (χ2v) is 10.8. The molecule has 8 unspecified atom stereocenters.